The molecule has 9 heteroatoms. The first-order chi connectivity index (χ1) is 14.9. The highest BCUT2D eigenvalue weighted by atomic mass is 16.5. The van der Waals surface area contributed by atoms with E-state index in [1.807, 2.05) is 12.1 Å². The molecule has 1 unspecified atom stereocenters. The number of nitrogens with zero attached hydrogens (tertiary/aromatic N) is 2. The van der Waals surface area contributed by atoms with E-state index in [0.29, 0.717) is 12.5 Å². The van der Waals surface area contributed by atoms with E-state index in [4.69, 9.17) is 11.5 Å². The van der Waals surface area contributed by atoms with Crippen LogP contribution in [0.15, 0.2) is 23.3 Å². The van der Waals surface area contributed by atoms with Crippen LogP contribution in [-0.4, -0.2) is 46.5 Å². The number of aliphatic imine (C=N–C) groups is 1. The molecule has 1 atom stereocenters. The van der Waals surface area contributed by atoms with E-state index in [-0.39, 0.29) is 50.5 Å². The number of aromatic nitrogens is 3. The molecule has 0 aromatic carbocycles. The van der Waals surface area contributed by atoms with Crippen LogP contribution in [0.5, 0.6) is 0 Å². The Hall–Kier alpha value is -2.97. The van der Waals surface area contributed by atoms with E-state index >= 15 is 0 Å². The molecule has 3 heterocycles. The third-order valence-corrected chi connectivity index (χ3v) is 4.86. The normalized spacial score (nSPS) is 14.6. The Morgan fingerprint density at radius 2 is 1.42 bits per heavy atom. The third-order valence-electron chi connectivity index (χ3n) is 4.86. The highest BCUT2D eigenvalue weighted by Crippen LogP contribution is 2.21. The number of nitrogen functional groups attached to an aromatic ring is 2. The maximum absolute atomic E-state index is 11.1. The van der Waals surface area contributed by atoms with E-state index in [1.165, 1.54) is 12.8 Å². The highest BCUT2D eigenvalue weighted by Gasteiger charge is 2.30. The molecular weight excluding hydrogens is 454 g/mol. The molecule has 0 saturated heterocycles. The Morgan fingerprint density at radius 1 is 0.889 bits per heavy atom. The first-order valence-corrected chi connectivity index (χ1v) is 11.1. The van der Waals surface area contributed by atoms with Crippen molar-refractivity contribution in [2.45, 2.75) is 101 Å². The van der Waals surface area contributed by atoms with Crippen LogP contribution in [0.3, 0.4) is 0 Å². The zero-order valence-electron chi connectivity index (χ0n) is 21.9. The van der Waals surface area contributed by atoms with Gasteiger partial charge in [0.2, 0.25) is 0 Å². The fourth-order valence-electron chi connectivity index (χ4n) is 2.74. The van der Waals surface area contributed by atoms with Crippen LogP contribution in [0.1, 0.15) is 96.0 Å². The zero-order valence-corrected chi connectivity index (χ0v) is 21.9. The maximum atomic E-state index is 11.1. The number of hydrogen-bond acceptors (Lipinski definition) is 7. The Morgan fingerprint density at radius 3 is 1.67 bits per heavy atom. The lowest BCUT2D eigenvalue weighted by Gasteiger charge is -2.20. The van der Waals surface area contributed by atoms with Gasteiger partial charge >= 0.3 is 5.97 Å². The van der Waals surface area contributed by atoms with Crippen LogP contribution in [0.4, 0.5) is 11.8 Å². The number of amidine groups is 1. The number of aromatic amines is 2. The van der Waals surface area contributed by atoms with Gasteiger partial charge in [0.05, 0.1) is 19.9 Å². The molecule has 0 fully saturated rings. The van der Waals surface area contributed by atoms with E-state index in [0.717, 1.165) is 17.3 Å². The number of imidazole rings is 1. The molecule has 1 aliphatic rings. The summed E-state index contributed by atoms with van der Waals surface area (Å²) in [4.78, 5) is 25.4. The number of carbonyl (C=O) groups is 1. The Kier molecular flexibility index (Phi) is 15.2. The largest absolute Gasteiger partial charge is 0.467 e. The molecule has 0 amide bonds. The van der Waals surface area contributed by atoms with Crippen molar-refractivity contribution >= 4 is 23.6 Å². The number of nitrogens with one attached hydrogen (secondary N) is 3. The third kappa shape index (κ3) is 12.1. The summed E-state index contributed by atoms with van der Waals surface area (Å²) < 4.78 is 4.62. The minimum Gasteiger partial charge on any atom is -0.467 e. The van der Waals surface area contributed by atoms with Gasteiger partial charge in [-0.1, -0.05) is 84.6 Å². The number of anilines is 2. The van der Waals surface area contributed by atoms with Crippen LogP contribution in [0.2, 0.25) is 0 Å². The minimum absolute atomic E-state index is 0. The molecule has 210 valence electrons. The Balaban J connectivity index is -0.000000440. The van der Waals surface area contributed by atoms with Gasteiger partial charge in [0, 0.05) is 27.6 Å². The summed E-state index contributed by atoms with van der Waals surface area (Å²) in [5, 5.41) is 3.06. The molecule has 0 aliphatic carbocycles. The molecule has 2 aromatic rings. The number of carbonyl (C=O) groups excluding carboxylic acids is 1. The van der Waals surface area contributed by atoms with Gasteiger partial charge in [-0.3, -0.25) is 4.99 Å². The highest BCUT2D eigenvalue weighted by molar-refractivity contribution is 5.93. The Bertz CT molecular complexity index is 873. The van der Waals surface area contributed by atoms with Gasteiger partial charge in [0.1, 0.15) is 17.7 Å². The van der Waals surface area contributed by atoms with Crippen LogP contribution < -0.4 is 16.8 Å². The maximum Gasteiger partial charge on any atom is 0.330 e. The molecule has 7 N–H and O–H groups in total. The number of esters is 1. The first-order valence-electron chi connectivity index (χ1n) is 11.1. The van der Waals surface area contributed by atoms with Crippen molar-refractivity contribution in [3.05, 3.63) is 29.7 Å². The topological polar surface area (TPSA) is 147 Å². The van der Waals surface area contributed by atoms with Crippen molar-refractivity contribution < 1.29 is 9.53 Å². The van der Waals surface area contributed by atoms with E-state index in [2.05, 4.69) is 92.3 Å². The number of rotatable bonds is 1. The van der Waals surface area contributed by atoms with Gasteiger partial charge in [0.25, 0.3) is 0 Å². The van der Waals surface area contributed by atoms with Gasteiger partial charge < -0.3 is 31.5 Å². The second kappa shape index (κ2) is 14.6. The van der Waals surface area contributed by atoms with Gasteiger partial charge in [-0.2, -0.15) is 0 Å². The average Bonchev–Trinajstić information content (AvgIpc) is 3.40. The van der Waals surface area contributed by atoms with Crippen LogP contribution in [-0.2, 0) is 20.4 Å². The second-order valence-corrected chi connectivity index (χ2v) is 11.2. The fraction of sp³-hybridized carbons (Fsp3) is 0.667. The minimum atomic E-state index is -0.292. The molecule has 1 aliphatic heterocycles. The summed E-state index contributed by atoms with van der Waals surface area (Å²) >= 11 is 0. The molecule has 0 saturated carbocycles. The number of H-pyrrole nitrogens is 2. The van der Waals surface area contributed by atoms with Crippen LogP contribution in [0.25, 0.3) is 0 Å². The molecule has 36 heavy (non-hydrogen) atoms. The first kappa shape index (κ1) is 37.6. The van der Waals surface area contributed by atoms with Crippen molar-refractivity contribution in [3.63, 3.8) is 0 Å². The van der Waals surface area contributed by atoms with Crippen LogP contribution >= 0.6 is 0 Å². The lowest BCUT2D eigenvalue weighted by Crippen LogP contribution is -2.42. The van der Waals surface area contributed by atoms with Crippen molar-refractivity contribution in [3.8, 4) is 0 Å². The zero-order chi connectivity index (χ0) is 25.6. The van der Waals surface area contributed by atoms with Crippen LogP contribution in [0, 0.1) is 5.41 Å². The summed E-state index contributed by atoms with van der Waals surface area (Å²) in [6.07, 6.45) is 1.77. The molecule has 3 rings (SSSR count). The summed E-state index contributed by atoms with van der Waals surface area (Å²) in [5.74, 6) is 1.86. The van der Waals surface area contributed by atoms with Gasteiger partial charge in [-0.05, 0) is 12.1 Å². The van der Waals surface area contributed by atoms with E-state index in [1.54, 1.807) is 6.20 Å². The summed E-state index contributed by atoms with van der Waals surface area (Å²) in [5.41, 5.74) is 13.5. The lowest BCUT2D eigenvalue weighted by molar-refractivity contribution is -0.142. The molecular formula is C27H55N7O2. The summed E-state index contributed by atoms with van der Waals surface area (Å²) in [6, 6.07) is 3.62. The predicted octanol–water partition coefficient (Wildman–Crippen LogP) is 5.67. The molecule has 0 spiro atoms. The molecule has 2 aromatic heterocycles. The monoisotopic (exact) mass is 509 g/mol. The van der Waals surface area contributed by atoms with E-state index in [9.17, 15) is 4.79 Å². The molecule has 9 nitrogen and oxygen atoms in total. The van der Waals surface area contributed by atoms with Gasteiger partial charge in [-0.15, -0.1) is 0 Å². The summed E-state index contributed by atoms with van der Waals surface area (Å²) in [7, 11) is 1.39. The SMILES string of the molecule is C.C.C.CC(C)(C)c1ccc(N)[nH]1.CC(C)(C)c1cnc(N)[nH]1.COC(=O)C1CN=C(C(C)(C)C)N1. The van der Waals surface area contributed by atoms with Crippen molar-refractivity contribution in [2.24, 2.45) is 10.4 Å². The van der Waals surface area contributed by atoms with Crippen molar-refractivity contribution in [2.75, 3.05) is 25.1 Å². The fourth-order valence-corrected chi connectivity index (χ4v) is 2.74. The molecule has 0 radical (unpaired) electrons. The standard InChI is InChI=1S/C9H16N2O2.C8H14N2.C7H13N3.3CH4/c1-9(2,3)8-10-5-6(11-8)7(12)13-4;1-8(2,3)6-4-5-7(9)10-6;1-7(2,3)5-4-9-6(8)10-5;;;/h6H,5H2,1-4H3,(H,10,11);4-5,10H,9H2,1-3H3;4H,1-3H3,(H3,8,9,10);3*1H4. The average molecular weight is 510 g/mol. The van der Waals surface area contributed by atoms with Gasteiger partial charge in [0.15, 0.2) is 5.95 Å². The quantitative estimate of drug-likeness (QED) is 0.313. The van der Waals surface area contributed by atoms with Crippen molar-refractivity contribution in [1.82, 2.24) is 20.3 Å². The number of methoxy groups -OCH3 is 1. The van der Waals surface area contributed by atoms with E-state index < -0.39 is 0 Å². The Labute approximate surface area is 220 Å². The van der Waals surface area contributed by atoms with Crippen molar-refractivity contribution in [1.29, 1.82) is 0 Å². The second-order valence-electron chi connectivity index (χ2n) is 11.2. The predicted molar refractivity (Wildman–Crippen MR) is 156 cm³/mol. The number of ether oxygens (including phenoxy) is 1. The smallest absolute Gasteiger partial charge is 0.330 e. The number of nitrogens with two attached hydrogens (primary N) is 2. The number of hydrogen-bond donors (Lipinski definition) is 5. The summed E-state index contributed by atoms with van der Waals surface area (Å²) in [6.45, 7) is 19.4. The van der Waals surface area contributed by atoms with Gasteiger partial charge in [-0.25, -0.2) is 9.78 Å². The molecule has 0 bridgehead atoms. The lowest BCUT2D eigenvalue weighted by atomic mass is 9.93.